The number of rotatable bonds is 4. The molecule has 0 aliphatic carbocycles. The summed E-state index contributed by atoms with van der Waals surface area (Å²) in [6.07, 6.45) is 3.25. The fourth-order valence-electron chi connectivity index (χ4n) is 2.68. The second kappa shape index (κ2) is 7.54. The molecular formula is C18H24FNO2. The Morgan fingerprint density at radius 3 is 2.41 bits per heavy atom. The van der Waals surface area contributed by atoms with Crippen LogP contribution in [0.1, 0.15) is 39.2 Å². The molecule has 0 spiro atoms. The zero-order valence-corrected chi connectivity index (χ0v) is 13.5. The van der Waals surface area contributed by atoms with Crippen LogP contribution in [0.2, 0.25) is 0 Å². The van der Waals surface area contributed by atoms with Gasteiger partial charge in [0.1, 0.15) is 11.9 Å². The third kappa shape index (κ3) is 4.67. The van der Waals surface area contributed by atoms with Crippen LogP contribution < -0.4 is 0 Å². The van der Waals surface area contributed by atoms with E-state index in [-0.39, 0.29) is 17.9 Å². The van der Waals surface area contributed by atoms with E-state index in [0.29, 0.717) is 6.04 Å². The number of carbonyl (C=O) groups is 1. The molecule has 0 unspecified atom stereocenters. The Morgan fingerprint density at radius 1 is 1.27 bits per heavy atom. The Kier molecular flexibility index (Phi) is 5.72. The lowest BCUT2D eigenvalue weighted by Gasteiger charge is -2.34. The van der Waals surface area contributed by atoms with E-state index >= 15 is 0 Å². The van der Waals surface area contributed by atoms with Crippen molar-refractivity contribution in [3.63, 3.8) is 0 Å². The first kappa shape index (κ1) is 16.7. The number of carbonyl (C=O) groups excluding carboxylic acids is 1. The van der Waals surface area contributed by atoms with Gasteiger partial charge in [0.15, 0.2) is 0 Å². The predicted molar refractivity (Wildman–Crippen MR) is 85.9 cm³/mol. The lowest BCUT2D eigenvalue weighted by atomic mass is 10.1. The molecule has 0 amide bonds. The molecule has 1 fully saturated rings. The van der Waals surface area contributed by atoms with Gasteiger partial charge in [-0.05, 0) is 56.9 Å². The summed E-state index contributed by atoms with van der Waals surface area (Å²) in [5.41, 5.74) is 1.61. The number of likely N-dealkylation sites (tertiary alicyclic amines) is 1. The summed E-state index contributed by atoms with van der Waals surface area (Å²) in [5.74, 6) is -0.596. The van der Waals surface area contributed by atoms with E-state index in [2.05, 4.69) is 18.7 Å². The van der Waals surface area contributed by atoms with Crippen LogP contribution in [0.5, 0.6) is 0 Å². The summed E-state index contributed by atoms with van der Waals surface area (Å²) < 4.78 is 18.4. The molecule has 120 valence electrons. The topological polar surface area (TPSA) is 29.5 Å². The van der Waals surface area contributed by atoms with Gasteiger partial charge >= 0.3 is 5.97 Å². The second-order valence-electron chi connectivity index (χ2n) is 6.10. The van der Waals surface area contributed by atoms with Gasteiger partial charge in [-0.3, -0.25) is 0 Å². The lowest BCUT2D eigenvalue weighted by Crippen LogP contribution is -2.41. The fourth-order valence-corrected chi connectivity index (χ4v) is 2.68. The Morgan fingerprint density at radius 2 is 1.86 bits per heavy atom. The van der Waals surface area contributed by atoms with Gasteiger partial charge in [-0.2, -0.15) is 0 Å². The summed E-state index contributed by atoms with van der Waals surface area (Å²) >= 11 is 0. The molecule has 22 heavy (non-hydrogen) atoms. The fraction of sp³-hybridized carbons (Fsp3) is 0.500. The molecule has 1 aromatic carbocycles. The third-order valence-corrected chi connectivity index (χ3v) is 4.12. The molecule has 0 radical (unpaired) electrons. The largest absolute Gasteiger partial charge is 0.459 e. The van der Waals surface area contributed by atoms with Crippen LogP contribution in [0.3, 0.4) is 0 Å². The Labute approximate surface area is 131 Å². The number of allylic oxidation sites excluding steroid dienone is 1. The molecule has 0 bridgehead atoms. The highest BCUT2D eigenvalue weighted by Gasteiger charge is 2.23. The minimum atomic E-state index is -0.315. The number of halogens is 1. The zero-order valence-electron chi connectivity index (χ0n) is 13.5. The Balaban J connectivity index is 1.87. The van der Waals surface area contributed by atoms with Gasteiger partial charge in [0.05, 0.1) is 0 Å². The molecule has 4 heteroatoms. The van der Waals surface area contributed by atoms with E-state index in [4.69, 9.17) is 4.74 Å². The molecule has 0 atom stereocenters. The molecule has 3 nitrogen and oxygen atoms in total. The first-order valence-electron chi connectivity index (χ1n) is 7.84. The van der Waals surface area contributed by atoms with E-state index in [1.807, 2.05) is 6.92 Å². The number of hydrogen-bond acceptors (Lipinski definition) is 3. The van der Waals surface area contributed by atoms with Gasteiger partial charge in [-0.1, -0.05) is 12.1 Å². The maximum absolute atomic E-state index is 12.9. The Hall–Kier alpha value is -1.68. The van der Waals surface area contributed by atoms with Crippen LogP contribution in [-0.2, 0) is 9.53 Å². The number of ether oxygens (including phenoxy) is 1. The smallest absolute Gasteiger partial charge is 0.331 e. The van der Waals surface area contributed by atoms with Crippen molar-refractivity contribution < 1.29 is 13.9 Å². The summed E-state index contributed by atoms with van der Waals surface area (Å²) in [7, 11) is 0. The van der Waals surface area contributed by atoms with Crippen molar-refractivity contribution in [3.8, 4) is 0 Å². The second-order valence-corrected chi connectivity index (χ2v) is 6.10. The number of benzene rings is 1. The van der Waals surface area contributed by atoms with E-state index in [9.17, 15) is 9.18 Å². The molecular weight excluding hydrogens is 281 g/mol. The highest BCUT2D eigenvalue weighted by atomic mass is 19.1. The molecule has 1 saturated heterocycles. The number of hydrogen-bond donors (Lipinski definition) is 0. The number of nitrogens with zero attached hydrogens (tertiary/aromatic N) is 1. The van der Waals surface area contributed by atoms with Crippen molar-refractivity contribution in [3.05, 3.63) is 41.7 Å². The van der Waals surface area contributed by atoms with Crippen LogP contribution in [0, 0.1) is 5.82 Å². The predicted octanol–water partition coefficient (Wildman–Crippen LogP) is 3.65. The van der Waals surface area contributed by atoms with Gasteiger partial charge in [-0.15, -0.1) is 0 Å². The average Bonchev–Trinajstić information content (AvgIpc) is 2.48. The highest BCUT2D eigenvalue weighted by Crippen LogP contribution is 2.18. The van der Waals surface area contributed by atoms with Crippen LogP contribution in [0.4, 0.5) is 4.39 Å². The van der Waals surface area contributed by atoms with Crippen LogP contribution >= 0.6 is 0 Å². The molecule has 0 N–H and O–H groups in total. The van der Waals surface area contributed by atoms with Crippen LogP contribution in [0.25, 0.3) is 5.57 Å². The van der Waals surface area contributed by atoms with Crippen molar-refractivity contribution in [1.29, 1.82) is 0 Å². The molecule has 2 rings (SSSR count). The van der Waals surface area contributed by atoms with E-state index < -0.39 is 0 Å². The zero-order chi connectivity index (χ0) is 16.1. The van der Waals surface area contributed by atoms with Gasteiger partial charge < -0.3 is 9.64 Å². The standard InChI is InChI=1S/C18H24FNO2/c1-13(2)20-10-8-17(9-11-20)22-18(21)12-14(3)15-4-6-16(19)7-5-15/h4-7,12-13,17H,8-11H2,1-3H3/b14-12+. The number of piperidine rings is 1. The van der Waals surface area contributed by atoms with Crippen LogP contribution in [0.15, 0.2) is 30.3 Å². The lowest BCUT2D eigenvalue weighted by molar-refractivity contribution is -0.145. The number of esters is 1. The van der Waals surface area contributed by atoms with Gasteiger partial charge in [-0.25, -0.2) is 9.18 Å². The average molecular weight is 305 g/mol. The maximum atomic E-state index is 12.9. The molecule has 0 saturated carbocycles. The van der Waals surface area contributed by atoms with E-state index in [1.165, 1.54) is 18.2 Å². The minimum Gasteiger partial charge on any atom is -0.459 e. The molecule has 1 aliphatic heterocycles. The minimum absolute atomic E-state index is 0.000215. The molecule has 0 aromatic heterocycles. The quantitative estimate of drug-likeness (QED) is 0.628. The normalized spacial score (nSPS) is 17.8. The highest BCUT2D eigenvalue weighted by molar-refractivity contribution is 5.90. The molecule has 1 heterocycles. The summed E-state index contributed by atoms with van der Waals surface area (Å²) in [6, 6.07) is 6.64. The van der Waals surface area contributed by atoms with Crippen molar-refractivity contribution in [2.24, 2.45) is 0 Å². The van der Waals surface area contributed by atoms with Crippen molar-refractivity contribution in [2.75, 3.05) is 13.1 Å². The van der Waals surface area contributed by atoms with E-state index in [0.717, 1.165) is 37.1 Å². The van der Waals surface area contributed by atoms with Crippen molar-refractivity contribution in [1.82, 2.24) is 4.90 Å². The third-order valence-electron chi connectivity index (χ3n) is 4.12. The van der Waals surface area contributed by atoms with Crippen molar-refractivity contribution in [2.45, 2.75) is 45.8 Å². The van der Waals surface area contributed by atoms with Gasteiger partial charge in [0, 0.05) is 25.2 Å². The Bertz CT molecular complexity index is 529. The van der Waals surface area contributed by atoms with Gasteiger partial charge in [0.2, 0.25) is 0 Å². The van der Waals surface area contributed by atoms with E-state index in [1.54, 1.807) is 12.1 Å². The summed E-state index contributed by atoms with van der Waals surface area (Å²) in [5, 5.41) is 0. The van der Waals surface area contributed by atoms with Crippen LogP contribution in [-0.4, -0.2) is 36.1 Å². The first-order valence-corrected chi connectivity index (χ1v) is 7.84. The first-order chi connectivity index (χ1) is 10.5. The summed E-state index contributed by atoms with van der Waals surface area (Å²) in [4.78, 5) is 14.4. The maximum Gasteiger partial charge on any atom is 0.331 e. The van der Waals surface area contributed by atoms with Crippen molar-refractivity contribution >= 4 is 11.5 Å². The SMILES string of the molecule is C/C(=C\C(=O)OC1CCN(C(C)C)CC1)c1ccc(F)cc1. The summed E-state index contributed by atoms with van der Waals surface area (Å²) in [6.45, 7) is 8.13. The molecule has 1 aliphatic rings. The monoisotopic (exact) mass is 305 g/mol. The molecule has 1 aromatic rings. The van der Waals surface area contributed by atoms with Gasteiger partial charge in [0.25, 0.3) is 0 Å².